The summed E-state index contributed by atoms with van der Waals surface area (Å²) in [6.07, 6.45) is 9.32. The maximum absolute atomic E-state index is 12.1. The standard InChI is InChI=1S/C21H26N6O2S/c1-14-10-18-17(12-27(14)19-6-8-23-21-16(19)5-7-22-21)20(25-13-24-18)15-4-3-9-26(11-15)30(2,28)29/h5-8,13-15H,3-4,9-12H2,1-2H3,(H,22,23)/t14-,15+/m1/s1. The number of hydrogen-bond acceptors (Lipinski definition) is 6. The van der Waals surface area contributed by atoms with Crippen LogP contribution in [0.3, 0.4) is 0 Å². The molecule has 3 aromatic rings. The molecule has 0 aliphatic carbocycles. The number of hydrogen-bond donors (Lipinski definition) is 1. The summed E-state index contributed by atoms with van der Waals surface area (Å²) >= 11 is 0. The van der Waals surface area contributed by atoms with Crippen LogP contribution in [0.5, 0.6) is 0 Å². The van der Waals surface area contributed by atoms with Gasteiger partial charge in [-0.25, -0.2) is 27.7 Å². The first-order valence-corrected chi connectivity index (χ1v) is 12.2. The third-order valence-corrected chi connectivity index (χ3v) is 7.67. The van der Waals surface area contributed by atoms with Crippen LogP contribution in [-0.4, -0.2) is 58.0 Å². The average Bonchev–Trinajstić information content (AvgIpc) is 3.21. The molecular formula is C21H26N6O2S. The van der Waals surface area contributed by atoms with E-state index in [4.69, 9.17) is 0 Å². The van der Waals surface area contributed by atoms with E-state index in [2.05, 4.69) is 43.9 Å². The van der Waals surface area contributed by atoms with Gasteiger partial charge in [0.15, 0.2) is 0 Å². The first-order chi connectivity index (χ1) is 14.4. The lowest BCUT2D eigenvalue weighted by Gasteiger charge is -2.38. The molecule has 30 heavy (non-hydrogen) atoms. The van der Waals surface area contributed by atoms with Gasteiger partial charge in [-0.05, 0) is 31.9 Å². The van der Waals surface area contributed by atoms with E-state index in [0.29, 0.717) is 25.7 Å². The van der Waals surface area contributed by atoms with Gasteiger partial charge in [-0.15, -0.1) is 0 Å². The third kappa shape index (κ3) is 3.35. The monoisotopic (exact) mass is 426 g/mol. The van der Waals surface area contributed by atoms with E-state index in [1.165, 1.54) is 6.26 Å². The molecule has 5 heterocycles. The van der Waals surface area contributed by atoms with Crippen LogP contribution in [0.4, 0.5) is 5.69 Å². The summed E-state index contributed by atoms with van der Waals surface area (Å²) < 4.78 is 25.8. The molecule has 0 radical (unpaired) electrons. The van der Waals surface area contributed by atoms with Gasteiger partial charge in [-0.2, -0.15) is 0 Å². The number of piperidine rings is 1. The van der Waals surface area contributed by atoms with Crippen LogP contribution in [0.2, 0.25) is 0 Å². The van der Waals surface area contributed by atoms with E-state index in [0.717, 1.165) is 52.9 Å². The molecule has 0 amide bonds. The third-order valence-electron chi connectivity index (χ3n) is 6.40. The molecular weight excluding hydrogens is 400 g/mol. The van der Waals surface area contributed by atoms with Crippen molar-refractivity contribution in [3.05, 3.63) is 47.8 Å². The summed E-state index contributed by atoms with van der Waals surface area (Å²) in [7, 11) is -3.20. The highest BCUT2D eigenvalue weighted by Gasteiger charge is 2.33. The molecule has 0 bridgehead atoms. The highest BCUT2D eigenvalue weighted by Crippen LogP contribution is 2.36. The SMILES string of the molecule is C[C@@H]1Cc2ncnc([C@H]3CCCN(S(C)(=O)=O)C3)c2CN1c1ccnc2[nH]ccc12. The Kier molecular flexibility index (Phi) is 4.74. The molecule has 8 nitrogen and oxygen atoms in total. The number of anilines is 1. The second-order valence-corrected chi connectivity index (χ2v) is 10.4. The normalized spacial score (nSPS) is 22.9. The molecule has 0 aromatic carbocycles. The Morgan fingerprint density at radius 1 is 1.20 bits per heavy atom. The Balaban J connectivity index is 1.52. The Bertz CT molecular complexity index is 1190. The molecule has 5 rings (SSSR count). The zero-order valence-corrected chi connectivity index (χ0v) is 18.1. The number of rotatable bonds is 3. The highest BCUT2D eigenvalue weighted by molar-refractivity contribution is 7.88. The maximum atomic E-state index is 12.1. The predicted octanol–water partition coefficient (Wildman–Crippen LogP) is 2.44. The number of pyridine rings is 1. The molecule has 3 aromatic heterocycles. The number of fused-ring (bicyclic) bond motifs is 2. The summed E-state index contributed by atoms with van der Waals surface area (Å²) in [5.41, 5.74) is 5.27. The number of nitrogens with zero attached hydrogens (tertiary/aromatic N) is 5. The maximum Gasteiger partial charge on any atom is 0.211 e. The van der Waals surface area contributed by atoms with Crippen molar-refractivity contribution in [1.82, 2.24) is 24.2 Å². The Labute approximate surface area is 176 Å². The van der Waals surface area contributed by atoms with Crippen molar-refractivity contribution in [2.75, 3.05) is 24.2 Å². The van der Waals surface area contributed by atoms with E-state index in [1.54, 1.807) is 10.6 Å². The molecule has 9 heteroatoms. The van der Waals surface area contributed by atoms with Crippen LogP contribution < -0.4 is 4.90 Å². The number of nitrogens with one attached hydrogen (secondary N) is 1. The van der Waals surface area contributed by atoms with Crippen molar-refractivity contribution < 1.29 is 8.42 Å². The fourth-order valence-corrected chi connectivity index (χ4v) is 5.78. The summed E-state index contributed by atoms with van der Waals surface area (Å²) in [5.74, 6) is 0.102. The van der Waals surface area contributed by atoms with Crippen molar-refractivity contribution >= 4 is 26.7 Å². The minimum atomic E-state index is -3.20. The zero-order chi connectivity index (χ0) is 20.9. The highest BCUT2D eigenvalue weighted by atomic mass is 32.2. The molecule has 2 aliphatic heterocycles. The second kappa shape index (κ2) is 7.31. The van der Waals surface area contributed by atoms with Gasteiger partial charge in [0.25, 0.3) is 0 Å². The quantitative estimate of drug-likeness (QED) is 0.691. The lowest BCUT2D eigenvalue weighted by molar-refractivity contribution is 0.312. The van der Waals surface area contributed by atoms with Gasteiger partial charge in [0.2, 0.25) is 10.0 Å². The van der Waals surface area contributed by atoms with Gasteiger partial charge < -0.3 is 9.88 Å². The van der Waals surface area contributed by atoms with E-state index < -0.39 is 10.0 Å². The molecule has 0 saturated carbocycles. The molecule has 2 atom stereocenters. The summed E-state index contributed by atoms with van der Waals surface area (Å²) in [6.45, 7) is 4.02. The fourth-order valence-electron chi connectivity index (χ4n) is 4.87. The first kappa shape index (κ1) is 19.4. The molecule has 1 N–H and O–H groups in total. The van der Waals surface area contributed by atoms with Crippen LogP contribution >= 0.6 is 0 Å². The Morgan fingerprint density at radius 2 is 2.07 bits per heavy atom. The van der Waals surface area contributed by atoms with E-state index >= 15 is 0 Å². The van der Waals surface area contributed by atoms with Crippen LogP contribution in [0.15, 0.2) is 30.9 Å². The molecule has 0 spiro atoms. The number of aromatic nitrogens is 4. The first-order valence-electron chi connectivity index (χ1n) is 10.4. The topological polar surface area (TPSA) is 95.1 Å². The summed E-state index contributed by atoms with van der Waals surface area (Å²) in [5, 5.41) is 1.10. The predicted molar refractivity (Wildman–Crippen MR) is 116 cm³/mol. The number of H-pyrrole nitrogens is 1. The molecule has 158 valence electrons. The lowest BCUT2D eigenvalue weighted by Crippen LogP contribution is -2.42. The van der Waals surface area contributed by atoms with Crippen molar-refractivity contribution in [2.45, 2.75) is 44.7 Å². The van der Waals surface area contributed by atoms with Gasteiger partial charge in [-0.3, -0.25) is 0 Å². The van der Waals surface area contributed by atoms with Crippen molar-refractivity contribution in [3.63, 3.8) is 0 Å². The molecule has 1 saturated heterocycles. The zero-order valence-electron chi connectivity index (χ0n) is 17.2. The second-order valence-electron chi connectivity index (χ2n) is 8.40. The fraction of sp³-hybridized carbons (Fsp3) is 0.476. The largest absolute Gasteiger partial charge is 0.363 e. The van der Waals surface area contributed by atoms with Gasteiger partial charge >= 0.3 is 0 Å². The molecule has 0 unspecified atom stereocenters. The summed E-state index contributed by atoms with van der Waals surface area (Å²) in [4.78, 5) is 19.2. The van der Waals surface area contributed by atoms with Crippen molar-refractivity contribution in [2.24, 2.45) is 0 Å². The van der Waals surface area contributed by atoms with Crippen molar-refractivity contribution in [3.8, 4) is 0 Å². The number of sulfonamides is 1. The van der Waals surface area contributed by atoms with E-state index in [9.17, 15) is 8.42 Å². The molecule has 2 aliphatic rings. The average molecular weight is 427 g/mol. The van der Waals surface area contributed by atoms with Crippen LogP contribution in [-0.2, 0) is 23.0 Å². The van der Waals surface area contributed by atoms with Gasteiger partial charge in [0, 0.05) is 67.0 Å². The van der Waals surface area contributed by atoms with E-state index in [-0.39, 0.29) is 5.92 Å². The Hall–Kier alpha value is -2.52. The van der Waals surface area contributed by atoms with Gasteiger partial charge in [0.05, 0.1) is 17.6 Å². The van der Waals surface area contributed by atoms with Gasteiger partial charge in [-0.1, -0.05) is 0 Å². The molecule has 1 fully saturated rings. The minimum Gasteiger partial charge on any atom is -0.363 e. The minimum absolute atomic E-state index is 0.102. The Morgan fingerprint density at radius 3 is 2.90 bits per heavy atom. The number of aromatic amines is 1. The van der Waals surface area contributed by atoms with Crippen LogP contribution in [0.25, 0.3) is 11.0 Å². The van der Waals surface area contributed by atoms with Gasteiger partial charge in [0.1, 0.15) is 12.0 Å². The smallest absolute Gasteiger partial charge is 0.211 e. The van der Waals surface area contributed by atoms with E-state index in [1.807, 2.05) is 12.4 Å². The summed E-state index contributed by atoms with van der Waals surface area (Å²) in [6, 6.07) is 4.42. The van der Waals surface area contributed by atoms with Crippen LogP contribution in [0, 0.1) is 0 Å². The van der Waals surface area contributed by atoms with Crippen molar-refractivity contribution in [1.29, 1.82) is 0 Å². The lowest BCUT2D eigenvalue weighted by atomic mass is 9.88. The van der Waals surface area contributed by atoms with Crippen LogP contribution in [0.1, 0.15) is 42.6 Å².